The fraction of sp³-hybridized carbons (Fsp3) is 0.432. The zero-order chi connectivity index (χ0) is 38.3. The smallest absolute Gasteiger partial charge is 0.365 e. The van der Waals surface area contributed by atoms with Crippen LogP contribution in [-0.4, -0.2) is 101 Å². The summed E-state index contributed by atoms with van der Waals surface area (Å²) < 4.78 is 40.9. The van der Waals surface area contributed by atoms with Crippen molar-refractivity contribution in [2.24, 2.45) is 12.5 Å². The number of fused-ring (bicyclic) bond motifs is 1. The largest absolute Gasteiger partial charge is 0.494 e. The molecule has 54 heavy (non-hydrogen) atoms. The number of halogens is 1. The molecule has 3 aliphatic rings. The normalized spacial score (nSPS) is 18.5. The Kier molecular flexibility index (Phi) is 9.97. The van der Waals surface area contributed by atoms with E-state index in [1.807, 2.05) is 19.4 Å². The molecule has 2 aliphatic heterocycles. The average Bonchev–Trinajstić information content (AvgIpc) is 3.64. The lowest BCUT2D eigenvalue weighted by Gasteiger charge is -2.55. The van der Waals surface area contributed by atoms with Gasteiger partial charge in [-0.15, -0.1) is 0 Å². The van der Waals surface area contributed by atoms with Crippen molar-refractivity contribution in [3.05, 3.63) is 59.7 Å². The molecule has 0 amide bonds. The third kappa shape index (κ3) is 7.06. The van der Waals surface area contributed by atoms with E-state index >= 15 is 0 Å². The molecule has 17 heteroatoms. The van der Waals surface area contributed by atoms with Crippen LogP contribution in [0, 0.1) is 5.41 Å². The number of nitrogens with one attached hydrogen (secondary N) is 3. The summed E-state index contributed by atoms with van der Waals surface area (Å²) in [6, 6.07) is 8.30. The fourth-order valence-corrected chi connectivity index (χ4v) is 9.77. The van der Waals surface area contributed by atoms with E-state index in [0.717, 1.165) is 68.9 Å². The van der Waals surface area contributed by atoms with Gasteiger partial charge in [-0.3, -0.25) is 24.1 Å². The highest BCUT2D eigenvalue weighted by Crippen LogP contribution is 2.51. The van der Waals surface area contributed by atoms with E-state index in [-0.39, 0.29) is 5.30 Å². The van der Waals surface area contributed by atoms with Crippen molar-refractivity contribution in [1.82, 2.24) is 39.9 Å². The number of hydrogen-bond donors (Lipinski definition) is 3. The Morgan fingerprint density at radius 2 is 1.74 bits per heavy atom. The Morgan fingerprint density at radius 3 is 2.44 bits per heavy atom. The number of hydrogen-bond acceptors (Lipinski definition) is 14. The van der Waals surface area contributed by atoms with E-state index in [0.29, 0.717) is 55.9 Å². The summed E-state index contributed by atoms with van der Waals surface area (Å²) in [7, 11) is 2.45. The number of rotatable bonds is 11. The number of anilines is 5. The number of nitrogens with zero attached hydrogens (tertiary/aromatic N) is 8. The molecule has 3 N–H and O–H groups in total. The lowest BCUT2D eigenvalue weighted by atomic mass is 9.60. The topological polar surface area (TPSA) is 157 Å². The zero-order valence-corrected chi connectivity index (χ0v) is 33.3. The predicted molar refractivity (Wildman–Crippen MR) is 214 cm³/mol. The molecule has 1 saturated carbocycles. The molecular formula is C37H45BrN11O4P. The highest BCUT2D eigenvalue weighted by atomic mass is 79.9. The maximum absolute atomic E-state index is 13.8. The summed E-state index contributed by atoms with van der Waals surface area (Å²) >= 11 is 3.57. The van der Waals surface area contributed by atoms with Gasteiger partial charge >= 0.3 is 7.60 Å². The standard InChI is InChI=1S/C37H45BrN11O4P/c1-47-23-24(21-43-47)26-17-30(32(51-2)18-31(26)49-15-13-48(14-16-49)25-19-37(20-25)7-9-39-10-8-37)45-36-42-22-27(38)35(46-36)44-29-6-5-28-33(41-12-11-40-28)34(29)54(50,52-3)53-4/h5-6,11-12,17-18,21-23,25,39H,7-10,13-16,19-20H2,1-4H3,(H2,42,44,45,46)/i/hD. The van der Waals surface area contributed by atoms with Crippen molar-refractivity contribution in [2.75, 3.05) is 76.1 Å². The third-order valence-corrected chi connectivity index (χ3v) is 13.6. The number of ether oxygens (including phenoxy) is 1. The molecule has 0 radical (unpaired) electrons. The van der Waals surface area contributed by atoms with Gasteiger partial charge in [0.25, 0.3) is 0 Å². The summed E-state index contributed by atoms with van der Waals surface area (Å²) in [5, 5.41) is 13.1. The molecule has 3 aromatic heterocycles. The first-order valence-corrected chi connectivity index (χ1v) is 20.4. The zero-order valence-electron chi connectivity index (χ0n) is 31.8. The molecule has 0 bridgehead atoms. The lowest BCUT2D eigenvalue weighted by molar-refractivity contribution is -0.0224. The van der Waals surface area contributed by atoms with Gasteiger partial charge < -0.3 is 34.6 Å². The first-order valence-electron chi connectivity index (χ1n) is 18.5. The number of aromatic nitrogens is 6. The SMILES string of the molecule is [2H]N1CCC2(CC1)CC(N1CCN(c3cc(OC)c(Nc4ncc(Br)c(Nc5ccc6nccnc6c5P(=O)(OC)OC)n4)cc3-c3cnn(C)c3)CC1)C2. The molecule has 284 valence electrons. The van der Waals surface area contributed by atoms with Gasteiger partial charge in [-0.05, 0) is 78.3 Å². The Bertz CT molecular complexity index is 2230. The molecule has 8 rings (SSSR count). The molecule has 2 saturated heterocycles. The van der Waals surface area contributed by atoms with Crippen LogP contribution in [0.1, 0.15) is 25.7 Å². The van der Waals surface area contributed by atoms with Crippen molar-refractivity contribution >= 4 is 68.7 Å². The van der Waals surface area contributed by atoms with Gasteiger partial charge in [-0.25, -0.2) is 4.98 Å². The second kappa shape index (κ2) is 15.2. The fourth-order valence-electron chi connectivity index (χ4n) is 8.11. The molecule has 3 fully saturated rings. The van der Waals surface area contributed by atoms with Crippen LogP contribution in [0.5, 0.6) is 5.75 Å². The van der Waals surface area contributed by atoms with Crippen molar-refractivity contribution in [3.63, 3.8) is 0 Å². The minimum atomic E-state index is -3.79. The van der Waals surface area contributed by atoms with Gasteiger partial charge in [0.15, 0.2) is 0 Å². The van der Waals surface area contributed by atoms with Crippen molar-refractivity contribution in [3.8, 4) is 16.9 Å². The van der Waals surface area contributed by atoms with Crippen LogP contribution < -0.4 is 30.9 Å². The van der Waals surface area contributed by atoms with Crippen molar-refractivity contribution in [2.45, 2.75) is 31.7 Å². The molecule has 2 aromatic carbocycles. The number of piperazine rings is 1. The summed E-state index contributed by atoms with van der Waals surface area (Å²) in [6.45, 7) is 5.59. The molecular weight excluding hydrogens is 773 g/mol. The van der Waals surface area contributed by atoms with Crippen LogP contribution >= 0.6 is 23.5 Å². The van der Waals surface area contributed by atoms with Crippen LogP contribution in [0.3, 0.4) is 0 Å². The third-order valence-electron chi connectivity index (χ3n) is 11.1. The van der Waals surface area contributed by atoms with Crippen LogP contribution in [0.25, 0.3) is 22.2 Å². The first kappa shape index (κ1) is 35.5. The van der Waals surface area contributed by atoms with Gasteiger partial charge in [0.1, 0.15) is 23.8 Å². The van der Waals surface area contributed by atoms with E-state index in [4.69, 9.17) is 20.2 Å². The number of piperidine rings is 1. The highest BCUT2D eigenvalue weighted by Gasteiger charge is 2.47. The van der Waals surface area contributed by atoms with E-state index in [9.17, 15) is 4.57 Å². The van der Waals surface area contributed by atoms with Gasteiger partial charge in [-0.2, -0.15) is 10.1 Å². The second-order valence-corrected chi connectivity index (χ2v) is 17.1. The van der Waals surface area contributed by atoms with Crippen LogP contribution in [0.4, 0.5) is 28.8 Å². The average molecular weight is 820 g/mol. The Labute approximate surface area is 324 Å². The molecule has 5 aromatic rings. The van der Waals surface area contributed by atoms with Crippen LogP contribution in [0.2, 0.25) is 1.41 Å². The Morgan fingerprint density at radius 1 is 0.981 bits per heavy atom. The van der Waals surface area contributed by atoms with E-state index in [2.05, 4.69) is 68.5 Å². The maximum Gasteiger partial charge on any atom is 0.365 e. The van der Waals surface area contributed by atoms with E-state index in [1.54, 1.807) is 41.6 Å². The van der Waals surface area contributed by atoms with Gasteiger partial charge in [-0.1, -0.05) is 0 Å². The minimum absolute atomic E-state index is 0.240. The molecule has 15 nitrogen and oxygen atoms in total. The molecule has 1 aliphatic carbocycles. The summed E-state index contributed by atoms with van der Waals surface area (Å²) in [5.41, 5.74) is 5.56. The summed E-state index contributed by atoms with van der Waals surface area (Å²) in [6.07, 6.45) is 13.4. The molecule has 5 heterocycles. The van der Waals surface area contributed by atoms with Crippen LogP contribution in [0.15, 0.2) is 59.7 Å². The molecule has 0 unspecified atom stereocenters. The van der Waals surface area contributed by atoms with Gasteiger partial charge in [0.2, 0.25) is 5.95 Å². The monoisotopic (exact) mass is 818 g/mol. The second-order valence-electron chi connectivity index (χ2n) is 14.1. The maximum atomic E-state index is 13.8. The van der Waals surface area contributed by atoms with Crippen LogP contribution in [-0.2, 0) is 20.7 Å². The number of benzene rings is 2. The Hall–Kier alpha value is -4.18. The summed E-state index contributed by atoms with van der Waals surface area (Å²) in [5.74, 6) is 1.35. The molecule has 1 spiro atoms. The van der Waals surface area contributed by atoms with Gasteiger partial charge in [0, 0.05) is 101 Å². The number of methoxy groups -OCH3 is 1. The predicted octanol–water partition coefficient (Wildman–Crippen LogP) is 5.84. The quantitative estimate of drug-likeness (QED) is 0.137. The van der Waals surface area contributed by atoms with Crippen molar-refractivity contribution in [1.29, 1.82) is 0 Å². The molecule has 0 atom stereocenters. The highest BCUT2D eigenvalue weighted by molar-refractivity contribution is 9.10. The van der Waals surface area contributed by atoms with E-state index in [1.165, 1.54) is 33.3 Å². The summed E-state index contributed by atoms with van der Waals surface area (Å²) in [4.78, 5) is 23.3. The lowest BCUT2D eigenvalue weighted by Crippen LogP contribution is -2.58. The Balaban J connectivity index is 1.06. The first-order chi connectivity index (χ1) is 26.6. The number of aryl methyl sites for hydroxylation is 1. The van der Waals surface area contributed by atoms with Crippen molar-refractivity contribution < 1.29 is 19.8 Å². The van der Waals surface area contributed by atoms with E-state index < -0.39 is 7.60 Å². The van der Waals surface area contributed by atoms with Gasteiger partial charge in [0.05, 0.1) is 34.7 Å². The minimum Gasteiger partial charge on any atom is -0.494 e.